The van der Waals surface area contributed by atoms with E-state index in [1.54, 1.807) is 11.8 Å². The van der Waals surface area contributed by atoms with Crippen LogP contribution in [-0.4, -0.2) is 26.8 Å². The third kappa shape index (κ3) is 5.09. The number of anilines is 2. The van der Waals surface area contributed by atoms with Crippen LogP contribution in [0.4, 0.5) is 15.8 Å². The molecule has 1 fully saturated rings. The number of carbonyl (C=O) groups excluding carboxylic acids is 2. The smallest absolute Gasteiger partial charge is 0.262 e. The Morgan fingerprint density at radius 3 is 2.47 bits per heavy atom. The Labute approximate surface area is 197 Å². The second-order valence-electron chi connectivity index (χ2n) is 8.06. The Morgan fingerprint density at radius 1 is 1.06 bits per heavy atom. The van der Waals surface area contributed by atoms with Gasteiger partial charge in [0.1, 0.15) is 5.82 Å². The Balaban J connectivity index is 1.45. The molecule has 3 aromatic rings. The molecule has 1 heterocycles. The number of rotatable bonds is 7. The Kier molecular flexibility index (Phi) is 6.65. The van der Waals surface area contributed by atoms with Crippen LogP contribution in [0.15, 0.2) is 71.6 Å². The van der Waals surface area contributed by atoms with Gasteiger partial charge in [-0.3, -0.25) is 14.3 Å². The highest BCUT2D eigenvalue weighted by atomic mass is 32.2. The van der Waals surface area contributed by atoms with Gasteiger partial charge in [0.2, 0.25) is 5.91 Å². The number of sulfonamides is 1. The monoisotopic (exact) mass is 481 g/mol. The number of amides is 2. The van der Waals surface area contributed by atoms with E-state index in [4.69, 9.17) is 0 Å². The van der Waals surface area contributed by atoms with E-state index in [1.165, 1.54) is 36.4 Å². The van der Waals surface area contributed by atoms with Gasteiger partial charge in [0, 0.05) is 30.8 Å². The fourth-order valence-electron chi connectivity index (χ4n) is 3.75. The van der Waals surface area contributed by atoms with Crippen molar-refractivity contribution in [3.05, 3.63) is 89.2 Å². The summed E-state index contributed by atoms with van der Waals surface area (Å²) in [6.07, 6.45) is 1.41. The molecule has 0 saturated carbocycles. The molecule has 4 rings (SSSR count). The molecule has 34 heavy (non-hydrogen) atoms. The number of nitrogens with zero attached hydrogens (tertiary/aromatic N) is 1. The standard InChI is InChI=1S/C25H24FN3O4S/c1-17-8-13-20(34(32,33)28-23-6-3-2-5-22(23)26)15-21(17)25(31)27-16-18-9-11-19(12-10-18)29-14-4-7-24(29)30/h2-3,5-6,8-13,15,28H,4,7,14,16H2,1H3,(H,27,31). The normalized spacial score (nSPS) is 13.7. The highest BCUT2D eigenvalue weighted by molar-refractivity contribution is 7.92. The summed E-state index contributed by atoms with van der Waals surface area (Å²) in [7, 11) is -4.10. The number of hydrogen-bond acceptors (Lipinski definition) is 4. The number of aryl methyl sites for hydroxylation is 1. The number of halogens is 1. The van der Waals surface area contributed by atoms with Crippen molar-refractivity contribution in [2.75, 3.05) is 16.2 Å². The second-order valence-corrected chi connectivity index (χ2v) is 9.74. The van der Waals surface area contributed by atoms with Crippen LogP contribution < -0.4 is 14.9 Å². The summed E-state index contributed by atoms with van der Waals surface area (Å²) in [6, 6.07) is 17.0. The number of carbonyl (C=O) groups is 2. The molecule has 0 radical (unpaired) electrons. The van der Waals surface area contributed by atoms with Gasteiger partial charge in [-0.05, 0) is 60.9 Å². The zero-order valence-electron chi connectivity index (χ0n) is 18.5. The van der Waals surface area contributed by atoms with Crippen molar-refractivity contribution in [2.24, 2.45) is 0 Å². The molecule has 3 aromatic carbocycles. The van der Waals surface area contributed by atoms with Gasteiger partial charge in [-0.2, -0.15) is 0 Å². The molecule has 2 N–H and O–H groups in total. The molecule has 1 aliphatic heterocycles. The minimum Gasteiger partial charge on any atom is -0.348 e. The van der Waals surface area contributed by atoms with Crippen LogP contribution in [0.2, 0.25) is 0 Å². The van der Waals surface area contributed by atoms with Crippen LogP contribution in [0.5, 0.6) is 0 Å². The molecule has 0 atom stereocenters. The highest BCUT2D eigenvalue weighted by Gasteiger charge is 2.22. The lowest BCUT2D eigenvalue weighted by molar-refractivity contribution is -0.117. The van der Waals surface area contributed by atoms with Crippen molar-refractivity contribution in [2.45, 2.75) is 31.2 Å². The first-order valence-electron chi connectivity index (χ1n) is 10.8. The summed E-state index contributed by atoms with van der Waals surface area (Å²) in [5.41, 5.74) is 2.30. The molecule has 7 nitrogen and oxygen atoms in total. The highest BCUT2D eigenvalue weighted by Crippen LogP contribution is 2.23. The van der Waals surface area contributed by atoms with Gasteiger partial charge in [0.05, 0.1) is 10.6 Å². The molecule has 1 saturated heterocycles. The average molecular weight is 482 g/mol. The van der Waals surface area contributed by atoms with E-state index in [2.05, 4.69) is 10.0 Å². The van der Waals surface area contributed by atoms with E-state index < -0.39 is 21.7 Å². The van der Waals surface area contributed by atoms with Crippen molar-refractivity contribution in [1.82, 2.24) is 5.32 Å². The fraction of sp³-hybridized carbons (Fsp3) is 0.200. The molecular weight excluding hydrogens is 457 g/mol. The number of nitrogens with one attached hydrogen (secondary N) is 2. The topological polar surface area (TPSA) is 95.6 Å². The molecule has 0 spiro atoms. The van der Waals surface area contributed by atoms with Crippen LogP contribution in [0.1, 0.15) is 34.3 Å². The van der Waals surface area contributed by atoms with E-state index in [0.29, 0.717) is 18.5 Å². The Hall–Kier alpha value is -3.72. The first-order valence-corrected chi connectivity index (χ1v) is 12.3. The maximum Gasteiger partial charge on any atom is 0.262 e. The van der Waals surface area contributed by atoms with Crippen molar-refractivity contribution in [3.8, 4) is 0 Å². The summed E-state index contributed by atoms with van der Waals surface area (Å²) < 4.78 is 41.6. The van der Waals surface area contributed by atoms with E-state index in [1.807, 2.05) is 24.3 Å². The van der Waals surface area contributed by atoms with Gasteiger partial charge in [0.25, 0.3) is 15.9 Å². The second kappa shape index (κ2) is 9.64. The van der Waals surface area contributed by atoms with Crippen molar-refractivity contribution in [3.63, 3.8) is 0 Å². The molecule has 176 valence electrons. The predicted molar refractivity (Wildman–Crippen MR) is 128 cm³/mol. The molecular formula is C25H24FN3O4S. The van der Waals surface area contributed by atoms with Crippen LogP contribution in [-0.2, 0) is 21.4 Å². The zero-order valence-corrected chi connectivity index (χ0v) is 19.4. The minimum atomic E-state index is -4.10. The van der Waals surface area contributed by atoms with Crippen molar-refractivity contribution < 1.29 is 22.4 Å². The first kappa shape index (κ1) is 23.4. The Bertz CT molecular complexity index is 1340. The minimum absolute atomic E-state index is 0.107. The van der Waals surface area contributed by atoms with E-state index in [9.17, 15) is 22.4 Å². The van der Waals surface area contributed by atoms with Gasteiger partial charge in [-0.1, -0.05) is 30.3 Å². The van der Waals surface area contributed by atoms with Crippen LogP contribution in [0, 0.1) is 12.7 Å². The Morgan fingerprint density at radius 2 is 1.79 bits per heavy atom. The maximum atomic E-state index is 13.9. The van der Waals surface area contributed by atoms with Crippen LogP contribution in [0.25, 0.3) is 0 Å². The lowest BCUT2D eigenvalue weighted by atomic mass is 10.1. The molecule has 2 amide bonds. The van der Waals surface area contributed by atoms with E-state index in [0.717, 1.165) is 23.7 Å². The van der Waals surface area contributed by atoms with Crippen molar-refractivity contribution in [1.29, 1.82) is 0 Å². The maximum absolute atomic E-state index is 13.9. The molecule has 0 unspecified atom stereocenters. The molecule has 9 heteroatoms. The van der Waals surface area contributed by atoms with Gasteiger partial charge in [0.15, 0.2) is 0 Å². The van der Waals surface area contributed by atoms with E-state index >= 15 is 0 Å². The average Bonchev–Trinajstić information content (AvgIpc) is 3.25. The van der Waals surface area contributed by atoms with Gasteiger partial charge < -0.3 is 10.2 Å². The summed E-state index contributed by atoms with van der Waals surface area (Å²) >= 11 is 0. The van der Waals surface area contributed by atoms with Crippen molar-refractivity contribution >= 4 is 33.2 Å². The third-order valence-electron chi connectivity index (χ3n) is 5.66. The largest absolute Gasteiger partial charge is 0.348 e. The summed E-state index contributed by atoms with van der Waals surface area (Å²) in [4.78, 5) is 26.3. The van der Waals surface area contributed by atoms with Crippen LogP contribution in [0.3, 0.4) is 0 Å². The van der Waals surface area contributed by atoms with Gasteiger partial charge >= 0.3 is 0 Å². The fourth-order valence-corrected chi connectivity index (χ4v) is 4.85. The quantitative estimate of drug-likeness (QED) is 0.533. The van der Waals surface area contributed by atoms with Crippen LogP contribution >= 0.6 is 0 Å². The summed E-state index contributed by atoms with van der Waals surface area (Å²) in [5, 5.41) is 2.80. The number of benzene rings is 3. The first-order chi connectivity index (χ1) is 16.2. The summed E-state index contributed by atoms with van der Waals surface area (Å²) in [6.45, 7) is 2.65. The number of para-hydroxylation sites is 1. The summed E-state index contributed by atoms with van der Waals surface area (Å²) in [5.74, 6) is -1.02. The van der Waals surface area contributed by atoms with Gasteiger partial charge in [-0.15, -0.1) is 0 Å². The third-order valence-corrected chi connectivity index (χ3v) is 7.02. The molecule has 0 bridgehead atoms. The lowest BCUT2D eigenvalue weighted by Crippen LogP contribution is -2.25. The molecule has 1 aliphatic rings. The SMILES string of the molecule is Cc1ccc(S(=O)(=O)Nc2ccccc2F)cc1C(=O)NCc1ccc(N2CCCC2=O)cc1. The predicted octanol–water partition coefficient (Wildman–Crippen LogP) is 3.99. The molecule has 0 aromatic heterocycles. The van der Waals surface area contributed by atoms with E-state index in [-0.39, 0.29) is 28.6 Å². The lowest BCUT2D eigenvalue weighted by Gasteiger charge is -2.16. The van der Waals surface area contributed by atoms with Gasteiger partial charge in [-0.25, -0.2) is 12.8 Å². The molecule has 0 aliphatic carbocycles. The zero-order chi connectivity index (χ0) is 24.3. The number of hydrogen-bond donors (Lipinski definition) is 2.